The van der Waals surface area contributed by atoms with Crippen LogP contribution in [-0.2, 0) is 0 Å². The molecule has 1 atom stereocenters. The lowest BCUT2D eigenvalue weighted by Gasteiger charge is -2.22. The molecule has 12 heteroatoms. The maximum Gasteiger partial charge on any atom is 0.365 e. The van der Waals surface area contributed by atoms with Crippen molar-refractivity contribution in [2.75, 3.05) is 11.9 Å². The molecule has 0 aromatic carbocycles. The van der Waals surface area contributed by atoms with Crippen molar-refractivity contribution in [2.45, 2.75) is 58.0 Å². The van der Waals surface area contributed by atoms with E-state index in [0.717, 1.165) is 17.2 Å². The van der Waals surface area contributed by atoms with Crippen molar-refractivity contribution in [3.63, 3.8) is 0 Å². The Hall–Kier alpha value is -2.76. The number of likely N-dealkylation sites (tertiary alicyclic amines) is 1. The van der Waals surface area contributed by atoms with Gasteiger partial charge in [-0.1, -0.05) is 0 Å². The summed E-state index contributed by atoms with van der Waals surface area (Å²) in [4.78, 5) is 33.1. The first-order valence-electron chi connectivity index (χ1n) is 9.68. The quantitative estimate of drug-likeness (QED) is 0.598. The number of aromatic carboxylic acids is 1. The number of hydrogen-bond acceptors (Lipinski definition) is 6. The lowest BCUT2D eigenvalue weighted by molar-refractivity contribution is 0.0117. The average Bonchev–Trinajstić information content (AvgIpc) is 3.20. The lowest BCUT2D eigenvalue weighted by atomic mass is 10.1. The standard InChI is InChI=1S/C20H22F4N4O3S/c1-9-6-20(23,24)8-28(9)17(29)13-14(32-16(26-13)18(30)31)11-7-25-12(27-19(2,3)4)5-10(11)15(21)22/h5,7,9,15H,6,8H2,1-4H3,(H,25,27)(H,30,31)/t9-/m0/s1. The van der Waals surface area contributed by atoms with Gasteiger partial charge in [0.25, 0.3) is 18.3 Å². The van der Waals surface area contributed by atoms with Crippen LogP contribution in [0.25, 0.3) is 10.4 Å². The van der Waals surface area contributed by atoms with Crippen LogP contribution in [0.2, 0.25) is 0 Å². The number of nitrogens with one attached hydrogen (secondary N) is 1. The molecule has 3 rings (SSSR count). The molecule has 174 valence electrons. The second-order valence-electron chi connectivity index (χ2n) is 8.68. The molecule has 1 fully saturated rings. The average molecular weight is 474 g/mol. The Morgan fingerprint density at radius 3 is 2.50 bits per heavy atom. The van der Waals surface area contributed by atoms with E-state index in [1.807, 2.05) is 20.8 Å². The van der Waals surface area contributed by atoms with Crippen molar-refractivity contribution in [1.82, 2.24) is 14.9 Å². The molecule has 2 aromatic heterocycles. The molecule has 0 unspecified atom stereocenters. The molecule has 0 aliphatic carbocycles. The molecule has 1 aliphatic heterocycles. The largest absolute Gasteiger partial charge is 0.476 e. The van der Waals surface area contributed by atoms with Crippen LogP contribution < -0.4 is 5.32 Å². The molecule has 1 aliphatic rings. The molecule has 7 nitrogen and oxygen atoms in total. The van der Waals surface area contributed by atoms with Crippen LogP contribution in [0.5, 0.6) is 0 Å². The number of carboxylic acid groups (broad SMARTS) is 1. The number of carbonyl (C=O) groups is 2. The number of nitrogens with zero attached hydrogens (tertiary/aromatic N) is 3. The fourth-order valence-corrected chi connectivity index (χ4v) is 4.38. The minimum absolute atomic E-state index is 0.153. The molecule has 0 spiro atoms. The summed E-state index contributed by atoms with van der Waals surface area (Å²) in [7, 11) is 0. The highest BCUT2D eigenvalue weighted by molar-refractivity contribution is 7.17. The van der Waals surface area contributed by atoms with E-state index in [1.165, 1.54) is 6.92 Å². The van der Waals surface area contributed by atoms with Crippen molar-refractivity contribution in [3.8, 4) is 10.4 Å². The molecule has 1 saturated heterocycles. The van der Waals surface area contributed by atoms with E-state index in [-0.39, 0.29) is 16.3 Å². The molecular weight excluding hydrogens is 452 g/mol. The molecule has 0 saturated carbocycles. The SMILES string of the molecule is C[C@H]1CC(F)(F)CN1C(=O)c1nc(C(=O)O)sc1-c1cnc(NC(C)(C)C)cc1C(F)F. The summed E-state index contributed by atoms with van der Waals surface area (Å²) in [5.41, 5.74) is -1.59. The van der Waals surface area contributed by atoms with Gasteiger partial charge in [0.2, 0.25) is 5.01 Å². The first-order chi connectivity index (χ1) is 14.7. The third-order valence-electron chi connectivity index (χ3n) is 4.72. The van der Waals surface area contributed by atoms with Gasteiger partial charge in [-0.3, -0.25) is 4.79 Å². The van der Waals surface area contributed by atoms with Gasteiger partial charge in [0.05, 0.1) is 11.4 Å². The van der Waals surface area contributed by atoms with Crippen LogP contribution >= 0.6 is 11.3 Å². The predicted octanol–water partition coefficient (Wildman–Crippen LogP) is 4.92. The maximum atomic E-state index is 13.9. The number of alkyl halides is 4. The van der Waals surface area contributed by atoms with Crippen LogP contribution in [0, 0.1) is 0 Å². The Balaban J connectivity index is 2.12. The van der Waals surface area contributed by atoms with Crippen molar-refractivity contribution in [1.29, 1.82) is 0 Å². The number of carbonyl (C=O) groups excluding carboxylic acids is 1. The fraction of sp³-hybridized carbons (Fsp3) is 0.500. The van der Waals surface area contributed by atoms with E-state index < -0.39 is 65.0 Å². The van der Waals surface area contributed by atoms with E-state index in [9.17, 15) is 32.3 Å². The van der Waals surface area contributed by atoms with Crippen molar-refractivity contribution < 1.29 is 32.3 Å². The molecule has 3 heterocycles. The maximum absolute atomic E-state index is 13.9. The molecule has 2 N–H and O–H groups in total. The van der Waals surface area contributed by atoms with Gasteiger partial charge < -0.3 is 15.3 Å². The number of rotatable bonds is 5. The Morgan fingerprint density at radius 1 is 1.34 bits per heavy atom. The first-order valence-corrected chi connectivity index (χ1v) is 10.5. The fourth-order valence-electron chi connectivity index (χ4n) is 3.45. The molecular formula is C20H22F4N4O3S. The summed E-state index contributed by atoms with van der Waals surface area (Å²) in [6.45, 7) is 6.02. The summed E-state index contributed by atoms with van der Waals surface area (Å²) in [5.74, 6) is -5.34. The Bertz CT molecular complexity index is 1050. The van der Waals surface area contributed by atoms with Crippen molar-refractivity contribution in [2.24, 2.45) is 0 Å². The van der Waals surface area contributed by atoms with Crippen LogP contribution in [0.3, 0.4) is 0 Å². The van der Waals surface area contributed by atoms with Gasteiger partial charge in [0.15, 0.2) is 0 Å². The number of amides is 1. The van der Waals surface area contributed by atoms with Gasteiger partial charge >= 0.3 is 5.97 Å². The summed E-state index contributed by atoms with van der Waals surface area (Å²) in [5, 5.41) is 11.8. The zero-order chi connectivity index (χ0) is 24.0. The second kappa shape index (κ2) is 8.30. The number of carboxylic acids is 1. The number of thiazole rings is 1. The summed E-state index contributed by atoms with van der Waals surface area (Å²) in [6.07, 6.45) is -2.42. The van der Waals surface area contributed by atoms with Crippen LogP contribution in [0.4, 0.5) is 23.4 Å². The molecule has 0 radical (unpaired) electrons. The molecule has 1 amide bonds. The number of pyridine rings is 1. The van der Waals surface area contributed by atoms with Gasteiger partial charge in [-0.2, -0.15) is 0 Å². The van der Waals surface area contributed by atoms with E-state index >= 15 is 0 Å². The number of halogens is 4. The van der Waals surface area contributed by atoms with E-state index in [4.69, 9.17) is 0 Å². The van der Waals surface area contributed by atoms with Gasteiger partial charge in [-0.15, -0.1) is 11.3 Å². The minimum Gasteiger partial charge on any atom is -0.476 e. The highest BCUT2D eigenvalue weighted by atomic mass is 32.1. The topological polar surface area (TPSA) is 95.4 Å². The zero-order valence-corrected chi connectivity index (χ0v) is 18.6. The van der Waals surface area contributed by atoms with Gasteiger partial charge in [-0.25, -0.2) is 32.3 Å². The van der Waals surface area contributed by atoms with Crippen LogP contribution in [-0.4, -0.2) is 55.9 Å². The van der Waals surface area contributed by atoms with Gasteiger partial charge in [0.1, 0.15) is 11.5 Å². The minimum atomic E-state index is -3.10. The van der Waals surface area contributed by atoms with Gasteiger partial charge in [0, 0.05) is 35.3 Å². The molecule has 2 aromatic rings. The third kappa shape index (κ3) is 5.00. The monoisotopic (exact) mass is 474 g/mol. The predicted molar refractivity (Wildman–Crippen MR) is 111 cm³/mol. The number of anilines is 1. The highest BCUT2D eigenvalue weighted by Gasteiger charge is 2.46. The number of aromatic nitrogens is 2. The Kier molecular flexibility index (Phi) is 6.20. The summed E-state index contributed by atoms with van der Waals surface area (Å²) >= 11 is 0.520. The Morgan fingerprint density at radius 2 is 2.00 bits per heavy atom. The summed E-state index contributed by atoms with van der Waals surface area (Å²) < 4.78 is 55.4. The van der Waals surface area contributed by atoms with Crippen LogP contribution in [0.15, 0.2) is 12.3 Å². The van der Waals surface area contributed by atoms with Gasteiger partial charge in [-0.05, 0) is 33.8 Å². The molecule has 0 bridgehead atoms. The van der Waals surface area contributed by atoms with E-state index in [1.54, 1.807) is 0 Å². The normalized spacial score (nSPS) is 18.3. The Labute approximate surface area is 185 Å². The van der Waals surface area contributed by atoms with E-state index in [0.29, 0.717) is 11.3 Å². The van der Waals surface area contributed by atoms with Crippen molar-refractivity contribution >= 4 is 29.0 Å². The zero-order valence-electron chi connectivity index (χ0n) is 17.7. The molecule has 32 heavy (non-hydrogen) atoms. The highest BCUT2D eigenvalue weighted by Crippen LogP contribution is 2.40. The second-order valence-corrected chi connectivity index (χ2v) is 9.68. The first kappa shape index (κ1) is 23.9. The van der Waals surface area contributed by atoms with Crippen LogP contribution in [0.1, 0.15) is 66.4 Å². The van der Waals surface area contributed by atoms with E-state index in [2.05, 4.69) is 15.3 Å². The summed E-state index contributed by atoms with van der Waals surface area (Å²) in [6, 6.07) is 0.290. The lowest BCUT2D eigenvalue weighted by Crippen LogP contribution is -2.35. The number of hydrogen-bond donors (Lipinski definition) is 2. The van der Waals surface area contributed by atoms with Crippen molar-refractivity contribution in [3.05, 3.63) is 28.5 Å². The smallest absolute Gasteiger partial charge is 0.365 e. The third-order valence-corrected chi connectivity index (χ3v) is 5.80.